The van der Waals surface area contributed by atoms with E-state index in [1.54, 1.807) is 12.1 Å². The number of carbonyl (C=O) groups is 1. The third-order valence-corrected chi connectivity index (χ3v) is 4.96. The molecular formula is C22H23FN4O2. The quantitative estimate of drug-likeness (QED) is 0.669. The van der Waals surface area contributed by atoms with Gasteiger partial charge in [-0.05, 0) is 36.9 Å². The van der Waals surface area contributed by atoms with E-state index in [4.69, 9.17) is 15.6 Å². The summed E-state index contributed by atoms with van der Waals surface area (Å²) in [7, 11) is 2.03. The second kappa shape index (κ2) is 8.05. The molecule has 0 saturated heterocycles. The lowest BCUT2D eigenvalue weighted by atomic mass is 10.1. The summed E-state index contributed by atoms with van der Waals surface area (Å²) in [6.45, 7) is 2.23. The number of primary amides is 1. The van der Waals surface area contributed by atoms with Crippen LogP contribution in [0.15, 0.2) is 48.5 Å². The van der Waals surface area contributed by atoms with E-state index in [0.717, 1.165) is 35.6 Å². The first-order chi connectivity index (χ1) is 14.0. The Hall–Kier alpha value is -3.19. The fourth-order valence-electron chi connectivity index (χ4n) is 3.67. The molecule has 0 atom stereocenters. The molecule has 7 heteroatoms. The molecule has 6 nitrogen and oxygen atoms in total. The van der Waals surface area contributed by atoms with Crippen molar-refractivity contribution in [2.45, 2.75) is 26.1 Å². The number of rotatable bonds is 7. The molecule has 0 fully saturated rings. The highest BCUT2D eigenvalue weighted by molar-refractivity contribution is 5.73. The lowest BCUT2D eigenvalue weighted by molar-refractivity contribution is -0.118. The van der Waals surface area contributed by atoms with Crippen molar-refractivity contribution >= 4 is 5.91 Å². The number of halogens is 1. The van der Waals surface area contributed by atoms with E-state index in [0.29, 0.717) is 17.9 Å². The molecule has 0 unspecified atom stereocenters. The van der Waals surface area contributed by atoms with Gasteiger partial charge in [0, 0.05) is 24.2 Å². The molecule has 0 radical (unpaired) electrons. The first-order valence-electron chi connectivity index (χ1n) is 9.53. The Labute approximate surface area is 168 Å². The number of nitrogens with zero attached hydrogens (tertiary/aromatic N) is 3. The van der Waals surface area contributed by atoms with E-state index < -0.39 is 5.91 Å². The van der Waals surface area contributed by atoms with Crippen LogP contribution >= 0.6 is 0 Å². The van der Waals surface area contributed by atoms with Gasteiger partial charge in [-0.3, -0.25) is 14.4 Å². The van der Waals surface area contributed by atoms with Gasteiger partial charge in [0.2, 0.25) is 5.91 Å². The van der Waals surface area contributed by atoms with Crippen molar-refractivity contribution < 1.29 is 13.9 Å². The summed E-state index contributed by atoms with van der Waals surface area (Å²) in [6, 6.07) is 14.4. The maximum atomic E-state index is 14.6. The summed E-state index contributed by atoms with van der Waals surface area (Å²) >= 11 is 0. The Bertz CT molecular complexity index is 1050. The van der Waals surface area contributed by atoms with E-state index >= 15 is 0 Å². The smallest absolute Gasteiger partial charge is 0.220 e. The highest BCUT2D eigenvalue weighted by Gasteiger charge is 2.27. The van der Waals surface area contributed by atoms with E-state index in [9.17, 15) is 9.18 Å². The van der Waals surface area contributed by atoms with Crippen molar-refractivity contribution in [2.75, 3.05) is 13.7 Å². The van der Waals surface area contributed by atoms with Crippen molar-refractivity contribution in [1.29, 1.82) is 0 Å². The van der Waals surface area contributed by atoms with Gasteiger partial charge in [-0.15, -0.1) is 0 Å². The van der Waals surface area contributed by atoms with E-state index in [1.807, 2.05) is 42.1 Å². The highest BCUT2D eigenvalue weighted by Crippen LogP contribution is 2.34. The number of carbonyl (C=O) groups excluding carboxylic acids is 1. The average molecular weight is 394 g/mol. The van der Waals surface area contributed by atoms with Crippen LogP contribution in [0.4, 0.5) is 4.39 Å². The monoisotopic (exact) mass is 394 g/mol. The minimum Gasteiger partial charge on any atom is -0.493 e. The Morgan fingerprint density at radius 2 is 2.03 bits per heavy atom. The van der Waals surface area contributed by atoms with Gasteiger partial charge < -0.3 is 10.5 Å². The standard InChI is InChI=1S/C22H23FN4O2/c1-26-13-18-20(14-26)25-27(22(18)17-7-2-3-8-19(17)23)12-15-5-4-6-16(11-15)29-10-9-21(24)28/h2-8,11H,9-10,12-14H2,1H3,(H2,24,28). The van der Waals surface area contributed by atoms with Crippen LogP contribution in [0.2, 0.25) is 0 Å². The van der Waals surface area contributed by atoms with Gasteiger partial charge in [0.05, 0.1) is 31.0 Å². The van der Waals surface area contributed by atoms with Gasteiger partial charge in [-0.25, -0.2) is 4.39 Å². The Balaban J connectivity index is 1.64. The molecule has 4 rings (SSSR count). The van der Waals surface area contributed by atoms with Crippen LogP contribution in [0.25, 0.3) is 11.3 Å². The maximum Gasteiger partial charge on any atom is 0.220 e. The predicted molar refractivity (Wildman–Crippen MR) is 108 cm³/mol. The van der Waals surface area contributed by atoms with Crippen molar-refractivity contribution in [3.05, 3.63) is 71.2 Å². The largest absolute Gasteiger partial charge is 0.493 e. The summed E-state index contributed by atoms with van der Waals surface area (Å²) in [4.78, 5) is 13.1. The van der Waals surface area contributed by atoms with Crippen LogP contribution in [-0.4, -0.2) is 34.2 Å². The number of nitrogens with two attached hydrogens (primary N) is 1. The average Bonchev–Trinajstić information content (AvgIpc) is 3.18. The van der Waals surface area contributed by atoms with E-state index in [-0.39, 0.29) is 18.8 Å². The zero-order chi connectivity index (χ0) is 20.4. The number of ether oxygens (including phenoxy) is 1. The van der Waals surface area contributed by atoms with E-state index in [2.05, 4.69) is 4.90 Å². The Morgan fingerprint density at radius 3 is 2.83 bits per heavy atom. The zero-order valence-electron chi connectivity index (χ0n) is 16.3. The van der Waals surface area contributed by atoms with Crippen molar-refractivity contribution in [1.82, 2.24) is 14.7 Å². The fraction of sp³-hybridized carbons (Fsp3) is 0.273. The van der Waals surface area contributed by atoms with Crippen LogP contribution in [0.1, 0.15) is 23.2 Å². The Kier molecular flexibility index (Phi) is 5.31. The third kappa shape index (κ3) is 4.14. The number of amides is 1. The lowest BCUT2D eigenvalue weighted by Gasteiger charge is -2.14. The van der Waals surface area contributed by atoms with Gasteiger partial charge in [-0.2, -0.15) is 5.10 Å². The molecule has 29 heavy (non-hydrogen) atoms. The summed E-state index contributed by atoms with van der Waals surface area (Å²) in [5.74, 6) is 0.0110. The molecule has 150 valence electrons. The minimum atomic E-state index is -0.397. The second-order valence-electron chi connectivity index (χ2n) is 7.30. The van der Waals surface area contributed by atoms with Crippen molar-refractivity contribution in [2.24, 2.45) is 5.73 Å². The zero-order valence-corrected chi connectivity index (χ0v) is 16.3. The molecule has 0 spiro atoms. The van der Waals surface area contributed by atoms with Gasteiger partial charge in [0.15, 0.2) is 0 Å². The van der Waals surface area contributed by atoms with Crippen LogP contribution in [0, 0.1) is 5.82 Å². The molecular weight excluding hydrogens is 371 g/mol. The van der Waals surface area contributed by atoms with Crippen molar-refractivity contribution in [3.63, 3.8) is 0 Å². The summed E-state index contributed by atoms with van der Waals surface area (Å²) in [5.41, 5.74) is 9.58. The topological polar surface area (TPSA) is 73.4 Å². The number of fused-ring (bicyclic) bond motifs is 1. The lowest BCUT2D eigenvalue weighted by Crippen LogP contribution is -2.14. The van der Waals surface area contributed by atoms with Crippen LogP contribution in [-0.2, 0) is 24.4 Å². The fourth-order valence-corrected chi connectivity index (χ4v) is 3.67. The van der Waals surface area contributed by atoms with Crippen LogP contribution in [0.3, 0.4) is 0 Å². The molecule has 3 aromatic rings. The summed E-state index contributed by atoms with van der Waals surface area (Å²) in [5, 5.41) is 4.78. The van der Waals surface area contributed by atoms with Gasteiger partial charge in [-0.1, -0.05) is 24.3 Å². The summed E-state index contributed by atoms with van der Waals surface area (Å²) < 4.78 is 22.1. The minimum absolute atomic E-state index is 0.168. The first-order valence-corrected chi connectivity index (χ1v) is 9.53. The third-order valence-electron chi connectivity index (χ3n) is 4.96. The molecule has 0 aliphatic carbocycles. The molecule has 0 bridgehead atoms. The second-order valence-corrected chi connectivity index (χ2v) is 7.30. The number of hydrogen-bond acceptors (Lipinski definition) is 4. The van der Waals surface area contributed by atoms with Gasteiger partial charge in [0.25, 0.3) is 0 Å². The Morgan fingerprint density at radius 1 is 1.21 bits per heavy atom. The van der Waals surface area contributed by atoms with Crippen molar-refractivity contribution in [3.8, 4) is 17.0 Å². The van der Waals surface area contributed by atoms with E-state index in [1.165, 1.54) is 6.07 Å². The van der Waals surface area contributed by atoms with Gasteiger partial charge in [0.1, 0.15) is 11.6 Å². The predicted octanol–water partition coefficient (Wildman–Crippen LogP) is 2.94. The number of benzene rings is 2. The van der Waals surface area contributed by atoms with Gasteiger partial charge >= 0.3 is 0 Å². The number of hydrogen-bond donors (Lipinski definition) is 1. The SMILES string of the molecule is CN1Cc2nn(Cc3cccc(OCCC(N)=O)c3)c(-c3ccccc3F)c2C1. The molecule has 1 aliphatic heterocycles. The summed E-state index contributed by atoms with van der Waals surface area (Å²) in [6.07, 6.45) is 0.168. The maximum absolute atomic E-state index is 14.6. The molecule has 1 aromatic heterocycles. The highest BCUT2D eigenvalue weighted by atomic mass is 19.1. The molecule has 2 aromatic carbocycles. The first kappa shape index (κ1) is 19.1. The molecule has 1 amide bonds. The molecule has 2 heterocycles. The van der Waals surface area contributed by atoms with Crippen LogP contribution < -0.4 is 10.5 Å². The molecule has 2 N–H and O–H groups in total. The normalized spacial score (nSPS) is 13.4. The molecule has 1 aliphatic rings. The number of aromatic nitrogens is 2. The molecule has 0 saturated carbocycles. The van der Waals surface area contributed by atoms with Crippen LogP contribution in [0.5, 0.6) is 5.75 Å².